The number of ether oxygens (including phenoxy) is 2. The van der Waals surface area contributed by atoms with E-state index in [0.29, 0.717) is 0 Å². The summed E-state index contributed by atoms with van der Waals surface area (Å²) in [5.41, 5.74) is 1.32. The maximum atomic E-state index is 10.7. The van der Waals surface area contributed by atoms with Crippen molar-refractivity contribution in [2.24, 2.45) is 0 Å². The summed E-state index contributed by atoms with van der Waals surface area (Å²) in [5.74, 6) is 0.414. The molecule has 0 aromatic carbocycles. The van der Waals surface area contributed by atoms with Crippen LogP contribution in [-0.2, 0) is 14.3 Å². The zero-order valence-corrected chi connectivity index (χ0v) is 7.86. The smallest absolute Gasteiger partial charge is 0.349 e. The van der Waals surface area contributed by atoms with Gasteiger partial charge in [0.2, 0.25) is 0 Å². The molecule has 3 heteroatoms. The van der Waals surface area contributed by atoms with Gasteiger partial charge in [-0.3, -0.25) is 0 Å². The second-order valence-electron chi connectivity index (χ2n) is 3.33. The molecule has 74 valence electrons. The second-order valence-corrected chi connectivity index (χ2v) is 3.33. The SMILES string of the molecule is O=C1COC(CC2=CC=CCC2)=CO1. The van der Waals surface area contributed by atoms with Crippen molar-refractivity contribution in [2.45, 2.75) is 19.3 Å². The lowest BCUT2D eigenvalue weighted by Gasteiger charge is -2.16. The number of rotatable bonds is 2. The molecule has 0 aromatic heterocycles. The highest BCUT2D eigenvalue weighted by Crippen LogP contribution is 2.21. The van der Waals surface area contributed by atoms with E-state index >= 15 is 0 Å². The maximum Gasteiger partial charge on any atom is 0.349 e. The van der Waals surface area contributed by atoms with E-state index in [4.69, 9.17) is 9.47 Å². The van der Waals surface area contributed by atoms with Crippen LogP contribution in [0.15, 0.2) is 35.8 Å². The third-order valence-corrected chi connectivity index (χ3v) is 2.20. The van der Waals surface area contributed by atoms with Gasteiger partial charge in [0, 0.05) is 6.42 Å². The van der Waals surface area contributed by atoms with Crippen LogP contribution < -0.4 is 0 Å². The fraction of sp³-hybridized carbons (Fsp3) is 0.364. The Hall–Kier alpha value is -1.51. The highest BCUT2D eigenvalue weighted by molar-refractivity contribution is 5.72. The van der Waals surface area contributed by atoms with Gasteiger partial charge in [-0.1, -0.05) is 23.8 Å². The van der Waals surface area contributed by atoms with Crippen molar-refractivity contribution in [3.05, 3.63) is 35.8 Å². The first-order chi connectivity index (χ1) is 6.84. The lowest BCUT2D eigenvalue weighted by Crippen LogP contribution is -2.15. The van der Waals surface area contributed by atoms with E-state index in [1.165, 1.54) is 11.8 Å². The summed E-state index contributed by atoms with van der Waals surface area (Å²) in [6.45, 7) is 0.0367. The molecule has 1 aliphatic heterocycles. The average Bonchev–Trinajstić information content (AvgIpc) is 2.23. The third kappa shape index (κ3) is 2.25. The number of carbonyl (C=O) groups is 1. The number of carbonyl (C=O) groups excluding carboxylic acids is 1. The molecule has 2 aliphatic rings. The molecule has 0 radical (unpaired) electrons. The van der Waals surface area contributed by atoms with Crippen LogP contribution in [0.5, 0.6) is 0 Å². The Morgan fingerprint density at radius 1 is 1.43 bits per heavy atom. The number of hydrogen-bond donors (Lipinski definition) is 0. The Morgan fingerprint density at radius 2 is 2.36 bits per heavy atom. The predicted octanol–water partition coefficient (Wildman–Crippen LogP) is 2.07. The van der Waals surface area contributed by atoms with Crippen molar-refractivity contribution < 1.29 is 14.3 Å². The Bertz CT molecular complexity index is 323. The third-order valence-electron chi connectivity index (χ3n) is 2.20. The Labute approximate surface area is 82.7 Å². The molecule has 1 aliphatic carbocycles. The molecule has 0 unspecified atom stereocenters. The van der Waals surface area contributed by atoms with Crippen LogP contribution in [0.3, 0.4) is 0 Å². The molecule has 3 nitrogen and oxygen atoms in total. The topological polar surface area (TPSA) is 35.5 Å². The van der Waals surface area contributed by atoms with Crippen LogP contribution in [0, 0.1) is 0 Å². The van der Waals surface area contributed by atoms with Crippen LogP contribution >= 0.6 is 0 Å². The van der Waals surface area contributed by atoms with Gasteiger partial charge >= 0.3 is 5.97 Å². The summed E-state index contributed by atoms with van der Waals surface area (Å²) in [6, 6.07) is 0. The molecule has 0 fully saturated rings. The van der Waals surface area contributed by atoms with Crippen LogP contribution in [0.2, 0.25) is 0 Å². The maximum absolute atomic E-state index is 10.7. The van der Waals surface area contributed by atoms with E-state index in [2.05, 4.69) is 12.2 Å². The Balaban J connectivity index is 1.94. The van der Waals surface area contributed by atoms with Gasteiger partial charge in [0.15, 0.2) is 6.61 Å². The first-order valence-corrected chi connectivity index (χ1v) is 4.70. The highest BCUT2D eigenvalue weighted by Gasteiger charge is 2.13. The van der Waals surface area contributed by atoms with Crippen molar-refractivity contribution in [1.82, 2.24) is 0 Å². The summed E-state index contributed by atoms with van der Waals surface area (Å²) in [4.78, 5) is 10.7. The summed E-state index contributed by atoms with van der Waals surface area (Å²) >= 11 is 0. The zero-order valence-electron chi connectivity index (χ0n) is 7.86. The van der Waals surface area contributed by atoms with Crippen LogP contribution in [0.25, 0.3) is 0 Å². The molecule has 0 saturated heterocycles. The lowest BCUT2D eigenvalue weighted by atomic mass is 10.0. The number of allylic oxidation sites excluding steroid dienone is 4. The molecule has 0 atom stereocenters. The van der Waals surface area contributed by atoms with Gasteiger partial charge < -0.3 is 9.47 Å². The minimum atomic E-state index is -0.328. The average molecular weight is 192 g/mol. The highest BCUT2D eigenvalue weighted by atomic mass is 16.6. The quantitative estimate of drug-likeness (QED) is 0.628. The van der Waals surface area contributed by atoms with Crippen LogP contribution in [-0.4, -0.2) is 12.6 Å². The minimum Gasteiger partial charge on any atom is -0.483 e. The number of cyclic esters (lactones) is 1. The summed E-state index contributed by atoms with van der Waals surface area (Å²) in [6.07, 6.45) is 10.6. The number of hydrogen-bond acceptors (Lipinski definition) is 3. The second kappa shape index (κ2) is 4.13. The molecule has 0 saturated carbocycles. The summed E-state index contributed by atoms with van der Waals surface area (Å²) in [7, 11) is 0. The molecule has 0 amide bonds. The molecule has 0 spiro atoms. The van der Waals surface area contributed by atoms with Gasteiger partial charge in [-0.15, -0.1) is 0 Å². The fourth-order valence-electron chi connectivity index (χ4n) is 1.47. The number of esters is 1. The summed E-state index contributed by atoms with van der Waals surface area (Å²) < 4.78 is 9.98. The first kappa shape index (κ1) is 9.06. The normalized spacial score (nSPS) is 20.7. The monoisotopic (exact) mass is 192 g/mol. The van der Waals surface area contributed by atoms with Gasteiger partial charge in [-0.2, -0.15) is 0 Å². The lowest BCUT2D eigenvalue weighted by molar-refractivity contribution is -0.145. The van der Waals surface area contributed by atoms with Crippen molar-refractivity contribution >= 4 is 5.97 Å². The summed E-state index contributed by atoms with van der Waals surface area (Å²) in [5, 5.41) is 0. The van der Waals surface area contributed by atoms with Crippen molar-refractivity contribution in [3.63, 3.8) is 0 Å². The molecule has 0 bridgehead atoms. The van der Waals surface area contributed by atoms with Crippen molar-refractivity contribution in [2.75, 3.05) is 6.61 Å². The fourth-order valence-corrected chi connectivity index (χ4v) is 1.47. The molecular formula is C11H12O3. The van der Waals surface area contributed by atoms with Gasteiger partial charge in [-0.25, -0.2) is 4.79 Å². The molecule has 14 heavy (non-hydrogen) atoms. The molecule has 0 aromatic rings. The van der Waals surface area contributed by atoms with Gasteiger partial charge in [-0.05, 0) is 12.8 Å². The largest absolute Gasteiger partial charge is 0.483 e. The van der Waals surface area contributed by atoms with Crippen molar-refractivity contribution in [3.8, 4) is 0 Å². The van der Waals surface area contributed by atoms with E-state index in [1.54, 1.807) is 0 Å². The van der Waals surface area contributed by atoms with E-state index in [1.807, 2.05) is 6.08 Å². The van der Waals surface area contributed by atoms with Gasteiger partial charge in [0.1, 0.15) is 12.0 Å². The molecule has 2 rings (SSSR count). The van der Waals surface area contributed by atoms with E-state index in [-0.39, 0.29) is 12.6 Å². The van der Waals surface area contributed by atoms with Crippen molar-refractivity contribution in [1.29, 1.82) is 0 Å². The van der Waals surface area contributed by atoms with Crippen LogP contribution in [0.4, 0.5) is 0 Å². The van der Waals surface area contributed by atoms with E-state index in [0.717, 1.165) is 25.0 Å². The Kier molecular flexibility index (Phi) is 2.68. The molecule has 1 heterocycles. The Morgan fingerprint density at radius 3 is 3.00 bits per heavy atom. The first-order valence-electron chi connectivity index (χ1n) is 4.70. The van der Waals surface area contributed by atoms with E-state index in [9.17, 15) is 4.79 Å². The minimum absolute atomic E-state index is 0.0367. The van der Waals surface area contributed by atoms with Gasteiger partial charge in [0.05, 0.1) is 0 Å². The van der Waals surface area contributed by atoms with Gasteiger partial charge in [0.25, 0.3) is 0 Å². The zero-order chi connectivity index (χ0) is 9.80. The van der Waals surface area contributed by atoms with Crippen LogP contribution in [0.1, 0.15) is 19.3 Å². The predicted molar refractivity (Wildman–Crippen MR) is 51.2 cm³/mol. The van der Waals surface area contributed by atoms with E-state index < -0.39 is 0 Å². The molecule has 0 N–H and O–H groups in total. The standard InChI is InChI=1S/C11H12O3/c12-11-8-13-10(7-14-11)6-9-4-2-1-3-5-9/h1-2,4,7H,3,5-6,8H2. The molecular weight excluding hydrogens is 180 g/mol.